The van der Waals surface area contributed by atoms with E-state index in [0.717, 1.165) is 9.13 Å². The van der Waals surface area contributed by atoms with Crippen LogP contribution in [0.15, 0.2) is 36.3 Å². The molecule has 0 bridgehead atoms. The molecule has 1 aromatic rings. The zero-order chi connectivity index (χ0) is 11.8. The van der Waals surface area contributed by atoms with Crippen LogP contribution in [0.2, 0.25) is 0 Å². The van der Waals surface area contributed by atoms with Gasteiger partial charge in [0.15, 0.2) is 5.76 Å². The van der Waals surface area contributed by atoms with Gasteiger partial charge < -0.3 is 14.6 Å². The Morgan fingerprint density at radius 3 is 2.38 bits per heavy atom. The summed E-state index contributed by atoms with van der Waals surface area (Å²) >= 11 is 2.22. The number of hydrogen-bond donors (Lipinski definition) is 1. The topological polar surface area (TPSA) is 38.7 Å². The lowest BCUT2D eigenvalue weighted by molar-refractivity contribution is -0.125. The minimum atomic E-state index is -0.765. The summed E-state index contributed by atoms with van der Waals surface area (Å²) in [6.45, 7) is 3.61. The second-order valence-corrected chi connectivity index (χ2v) is 5.34. The number of rotatable bonds is 2. The van der Waals surface area contributed by atoms with E-state index in [1.54, 1.807) is 13.8 Å². The predicted octanol–water partition coefficient (Wildman–Crippen LogP) is 2.95. The monoisotopic (exact) mass is 332 g/mol. The summed E-state index contributed by atoms with van der Waals surface area (Å²) in [6, 6.07) is 7.64. The Morgan fingerprint density at radius 1 is 1.25 bits per heavy atom. The van der Waals surface area contributed by atoms with E-state index in [2.05, 4.69) is 22.6 Å². The summed E-state index contributed by atoms with van der Waals surface area (Å²) in [4.78, 5) is 0. The van der Waals surface area contributed by atoms with Crippen molar-refractivity contribution in [2.45, 2.75) is 25.7 Å². The van der Waals surface area contributed by atoms with Crippen LogP contribution < -0.4 is 0 Å². The highest BCUT2D eigenvalue weighted by atomic mass is 127. The highest BCUT2D eigenvalue weighted by Gasteiger charge is 2.31. The average molecular weight is 332 g/mol. The van der Waals surface area contributed by atoms with Gasteiger partial charge in [-0.25, -0.2) is 0 Å². The number of hydrogen-bond acceptors (Lipinski definition) is 3. The molecule has 0 fully saturated rings. The van der Waals surface area contributed by atoms with E-state index < -0.39 is 11.9 Å². The zero-order valence-corrected chi connectivity index (χ0v) is 11.3. The second kappa shape index (κ2) is 4.25. The van der Waals surface area contributed by atoms with E-state index in [1.165, 1.54) is 6.26 Å². The van der Waals surface area contributed by atoms with E-state index in [0.29, 0.717) is 5.76 Å². The number of halogens is 1. The summed E-state index contributed by atoms with van der Waals surface area (Å²) in [5, 5.41) is 10.1. The van der Waals surface area contributed by atoms with Gasteiger partial charge in [-0.05, 0) is 40.3 Å². The third-order valence-electron chi connectivity index (χ3n) is 2.28. The Labute approximate surface area is 108 Å². The van der Waals surface area contributed by atoms with Crippen molar-refractivity contribution in [3.63, 3.8) is 0 Å². The molecule has 1 aliphatic heterocycles. The molecule has 1 N–H and O–H groups in total. The third kappa shape index (κ3) is 2.49. The largest absolute Gasteiger partial charge is 0.457 e. The van der Waals surface area contributed by atoms with Crippen LogP contribution in [-0.2, 0) is 9.47 Å². The van der Waals surface area contributed by atoms with E-state index >= 15 is 0 Å². The molecule has 1 aliphatic rings. The maximum atomic E-state index is 10.1. The van der Waals surface area contributed by atoms with E-state index in [1.807, 2.05) is 24.3 Å². The molecular formula is C12H13IO3. The number of aliphatic hydroxyl groups excluding tert-OH is 1. The van der Waals surface area contributed by atoms with E-state index in [4.69, 9.17) is 9.47 Å². The van der Waals surface area contributed by atoms with Gasteiger partial charge in [-0.2, -0.15) is 0 Å². The van der Waals surface area contributed by atoms with Gasteiger partial charge in [0.2, 0.25) is 5.79 Å². The molecule has 3 nitrogen and oxygen atoms in total. The van der Waals surface area contributed by atoms with Gasteiger partial charge in [0.25, 0.3) is 0 Å². The van der Waals surface area contributed by atoms with Gasteiger partial charge in [-0.3, -0.25) is 0 Å². The molecule has 4 heteroatoms. The Hall–Kier alpha value is -0.750. The fraction of sp³-hybridized carbons (Fsp3) is 0.333. The Balaban J connectivity index is 2.14. The normalized spacial score (nSPS) is 19.6. The van der Waals surface area contributed by atoms with Crippen LogP contribution in [-0.4, -0.2) is 10.9 Å². The summed E-state index contributed by atoms with van der Waals surface area (Å²) < 4.78 is 11.9. The third-order valence-corrected chi connectivity index (χ3v) is 3.00. The maximum absolute atomic E-state index is 10.1. The molecule has 1 aromatic carbocycles. The van der Waals surface area contributed by atoms with Crippen LogP contribution in [0.4, 0.5) is 0 Å². The molecule has 0 saturated carbocycles. The van der Waals surface area contributed by atoms with Gasteiger partial charge >= 0.3 is 0 Å². The summed E-state index contributed by atoms with van der Waals surface area (Å²) in [6.07, 6.45) is 0.710. The fourth-order valence-corrected chi connectivity index (χ4v) is 1.82. The van der Waals surface area contributed by atoms with Crippen LogP contribution in [0.25, 0.3) is 0 Å². The first-order valence-corrected chi connectivity index (χ1v) is 6.06. The lowest BCUT2D eigenvalue weighted by atomic mass is 10.1. The molecule has 0 aromatic heterocycles. The molecule has 1 unspecified atom stereocenters. The molecule has 86 valence electrons. The van der Waals surface area contributed by atoms with Crippen molar-refractivity contribution in [2.24, 2.45) is 0 Å². The minimum Gasteiger partial charge on any atom is -0.457 e. The van der Waals surface area contributed by atoms with Crippen LogP contribution >= 0.6 is 22.6 Å². The average Bonchev–Trinajstić information content (AvgIpc) is 2.59. The van der Waals surface area contributed by atoms with Crippen molar-refractivity contribution in [1.29, 1.82) is 0 Å². The lowest BCUT2D eigenvalue weighted by Crippen LogP contribution is -2.21. The van der Waals surface area contributed by atoms with Crippen LogP contribution in [0.3, 0.4) is 0 Å². The molecule has 0 saturated heterocycles. The summed E-state index contributed by atoms with van der Waals surface area (Å²) in [5.74, 6) is -0.231. The predicted molar refractivity (Wildman–Crippen MR) is 68.5 cm³/mol. The standard InChI is InChI=1S/C12H13IO3/c1-12(2)15-7-10(16-12)11(14)8-3-5-9(13)6-4-8/h3-7,11,14H,1-2H3. The van der Waals surface area contributed by atoms with Crippen molar-refractivity contribution in [3.8, 4) is 0 Å². The molecule has 1 heterocycles. The van der Waals surface area contributed by atoms with Crippen molar-refractivity contribution in [1.82, 2.24) is 0 Å². The quantitative estimate of drug-likeness (QED) is 0.847. The minimum absolute atomic E-state index is 0.450. The zero-order valence-electron chi connectivity index (χ0n) is 9.11. The smallest absolute Gasteiger partial charge is 0.244 e. The Morgan fingerprint density at radius 2 is 1.88 bits per heavy atom. The summed E-state index contributed by atoms with van der Waals surface area (Å²) in [5.41, 5.74) is 0.799. The first-order chi connectivity index (χ1) is 7.48. The molecule has 2 rings (SSSR count). The number of benzene rings is 1. The first kappa shape index (κ1) is 11.7. The molecule has 16 heavy (non-hydrogen) atoms. The van der Waals surface area contributed by atoms with Gasteiger partial charge in [0, 0.05) is 17.4 Å². The van der Waals surface area contributed by atoms with Gasteiger partial charge in [0.05, 0.1) is 0 Å². The Kier molecular flexibility index (Phi) is 3.12. The highest BCUT2D eigenvalue weighted by molar-refractivity contribution is 14.1. The Bertz CT molecular complexity index is 409. The molecule has 0 radical (unpaired) electrons. The van der Waals surface area contributed by atoms with E-state index in [-0.39, 0.29) is 0 Å². The lowest BCUT2D eigenvalue weighted by Gasteiger charge is -2.20. The SMILES string of the molecule is CC1(C)OC=C(C(O)c2ccc(I)cc2)O1. The van der Waals surface area contributed by atoms with Crippen molar-refractivity contribution < 1.29 is 14.6 Å². The van der Waals surface area contributed by atoms with E-state index in [9.17, 15) is 5.11 Å². The first-order valence-electron chi connectivity index (χ1n) is 4.98. The fourth-order valence-electron chi connectivity index (χ4n) is 1.46. The molecule has 0 amide bonds. The van der Waals surface area contributed by atoms with Crippen molar-refractivity contribution in [2.75, 3.05) is 0 Å². The van der Waals surface area contributed by atoms with Crippen LogP contribution in [0.5, 0.6) is 0 Å². The second-order valence-electron chi connectivity index (χ2n) is 4.09. The van der Waals surface area contributed by atoms with Crippen molar-refractivity contribution in [3.05, 3.63) is 45.4 Å². The van der Waals surface area contributed by atoms with Crippen molar-refractivity contribution >= 4 is 22.6 Å². The number of aliphatic hydroxyl groups is 1. The molecule has 1 atom stereocenters. The maximum Gasteiger partial charge on any atom is 0.244 e. The molecule has 0 aliphatic carbocycles. The van der Waals surface area contributed by atoms with Gasteiger partial charge in [0.1, 0.15) is 12.4 Å². The summed E-state index contributed by atoms with van der Waals surface area (Å²) in [7, 11) is 0. The number of ether oxygens (including phenoxy) is 2. The van der Waals surface area contributed by atoms with Gasteiger partial charge in [-0.1, -0.05) is 12.1 Å². The van der Waals surface area contributed by atoms with Crippen LogP contribution in [0.1, 0.15) is 25.5 Å². The molecular weight excluding hydrogens is 319 g/mol. The molecule has 0 spiro atoms. The highest BCUT2D eigenvalue weighted by Crippen LogP contribution is 2.32. The van der Waals surface area contributed by atoms with Gasteiger partial charge in [-0.15, -0.1) is 0 Å². The van der Waals surface area contributed by atoms with Crippen LogP contribution in [0, 0.1) is 3.57 Å².